The number of fused-ring (bicyclic) bond motifs is 3. The van der Waals surface area contributed by atoms with Crippen molar-refractivity contribution in [2.45, 2.75) is 77.2 Å². The highest BCUT2D eigenvalue weighted by atomic mass is 19.1. The zero-order valence-corrected chi connectivity index (χ0v) is 21.7. The molecule has 2 fully saturated rings. The predicted molar refractivity (Wildman–Crippen MR) is 137 cm³/mol. The van der Waals surface area contributed by atoms with Gasteiger partial charge in [0.1, 0.15) is 12.4 Å². The number of rotatable bonds is 5. The van der Waals surface area contributed by atoms with Gasteiger partial charge in [-0.05, 0) is 90.8 Å². The fourth-order valence-electron chi connectivity index (χ4n) is 6.89. The summed E-state index contributed by atoms with van der Waals surface area (Å²) in [6, 6.07) is 12.6. The maximum absolute atomic E-state index is 13.6. The fraction of sp³-hybridized carbons (Fsp3) is 0.533. The molecule has 2 aromatic carbocycles. The average molecular weight is 494 g/mol. The highest BCUT2D eigenvalue weighted by Gasteiger charge is 2.56. The molecule has 1 amide bonds. The summed E-state index contributed by atoms with van der Waals surface area (Å²) in [5, 5.41) is 0. The summed E-state index contributed by atoms with van der Waals surface area (Å²) in [6.45, 7) is 9.13. The molecule has 1 aliphatic heterocycles. The first-order chi connectivity index (χ1) is 17.1. The number of cyclic esters (lactones) is 1. The van der Waals surface area contributed by atoms with Gasteiger partial charge in [-0.3, -0.25) is 9.69 Å². The van der Waals surface area contributed by atoms with E-state index in [-0.39, 0.29) is 36.3 Å². The number of hydrogen-bond donors (Lipinski definition) is 0. The van der Waals surface area contributed by atoms with Gasteiger partial charge in [0.15, 0.2) is 6.10 Å². The fourth-order valence-corrected chi connectivity index (χ4v) is 6.89. The summed E-state index contributed by atoms with van der Waals surface area (Å²) in [5.41, 5.74) is 4.11. The molecule has 3 aliphatic rings. The maximum atomic E-state index is 13.6. The largest absolute Gasteiger partial charge is 0.461 e. The van der Waals surface area contributed by atoms with Crippen molar-refractivity contribution in [3.05, 3.63) is 65.0 Å². The third kappa shape index (κ3) is 4.18. The number of carbonyl (C=O) groups excluding carboxylic acids is 2. The van der Waals surface area contributed by atoms with Crippen LogP contribution in [0.15, 0.2) is 42.5 Å². The van der Waals surface area contributed by atoms with Crippen molar-refractivity contribution in [3.8, 4) is 0 Å². The molecule has 1 saturated heterocycles. The van der Waals surface area contributed by atoms with E-state index in [4.69, 9.17) is 9.47 Å². The van der Waals surface area contributed by atoms with Crippen LogP contribution in [-0.2, 0) is 26.1 Å². The van der Waals surface area contributed by atoms with Gasteiger partial charge in [0.05, 0.1) is 12.0 Å². The Morgan fingerprint density at radius 1 is 1.17 bits per heavy atom. The van der Waals surface area contributed by atoms with Crippen molar-refractivity contribution in [2.24, 2.45) is 11.3 Å². The Hall–Kier alpha value is -2.89. The molecule has 0 N–H and O–H groups in total. The third-order valence-corrected chi connectivity index (χ3v) is 8.92. The van der Waals surface area contributed by atoms with Gasteiger partial charge in [-0.2, -0.15) is 0 Å². The first kappa shape index (κ1) is 24.8. The van der Waals surface area contributed by atoms with E-state index >= 15 is 0 Å². The van der Waals surface area contributed by atoms with Crippen LogP contribution in [0.2, 0.25) is 0 Å². The SMILES string of the molecule is CC(C)c1ccc2c(c1)CCC1[C@](C)(C(=O)OCC3CN(c4ccc(F)cc4)C(=O)O3)CCC[C@]21C. The number of nitrogens with zero attached hydrogens (tertiary/aromatic N) is 1. The summed E-state index contributed by atoms with van der Waals surface area (Å²) in [4.78, 5) is 27.4. The quantitative estimate of drug-likeness (QED) is 0.445. The van der Waals surface area contributed by atoms with Crippen LogP contribution < -0.4 is 4.90 Å². The van der Waals surface area contributed by atoms with Crippen molar-refractivity contribution in [2.75, 3.05) is 18.1 Å². The molecule has 2 aromatic rings. The van der Waals surface area contributed by atoms with E-state index in [1.807, 2.05) is 0 Å². The van der Waals surface area contributed by atoms with Gasteiger partial charge >= 0.3 is 12.1 Å². The molecule has 2 unspecified atom stereocenters. The summed E-state index contributed by atoms with van der Waals surface area (Å²) >= 11 is 0. The molecule has 2 aliphatic carbocycles. The second kappa shape index (κ2) is 9.20. The molecule has 5 rings (SSSR count). The average Bonchev–Trinajstić information content (AvgIpc) is 3.22. The number of amides is 1. The van der Waals surface area contributed by atoms with Crippen molar-refractivity contribution in [1.29, 1.82) is 0 Å². The topological polar surface area (TPSA) is 55.8 Å². The van der Waals surface area contributed by atoms with Crippen molar-refractivity contribution in [1.82, 2.24) is 0 Å². The van der Waals surface area contributed by atoms with Gasteiger partial charge in [-0.1, -0.05) is 45.4 Å². The Balaban J connectivity index is 1.28. The number of aryl methyl sites for hydroxylation is 1. The molecular weight excluding hydrogens is 457 g/mol. The molecule has 1 heterocycles. The lowest BCUT2D eigenvalue weighted by atomic mass is 9.49. The molecule has 0 bridgehead atoms. The van der Waals surface area contributed by atoms with Gasteiger partial charge in [-0.25, -0.2) is 9.18 Å². The first-order valence-corrected chi connectivity index (χ1v) is 13.2. The molecule has 0 spiro atoms. The van der Waals surface area contributed by atoms with E-state index in [1.54, 1.807) is 12.1 Å². The number of anilines is 1. The lowest BCUT2D eigenvalue weighted by Gasteiger charge is -2.54. The van der Waals surface area contributed by atoms with E-state index < -0.39 is 17.6 Å². The van der Waals surface area contributed by atoms with Gasteiger partial charge in [-0.15, -0.1) is 0 Å². The smallest absolute Gasteiger partial charge is 0.414 e. The molecule has 5 nitrogen and oxygen atoms in total. The second-order valence-electron chi connectivity index (χ2n) is 11.5. The third-order valence-electron chi connectivity index (χ3n) is 8.92. The van der Waals surface area contributed by atoms with Gasteiger partial charge in [0.2, 0.25) is 0 Å². The van der Waals surface area contributed by atoms with Crippen molar-refractivity contribution < 1.29 is 23.5 Å². The second-order valence-corrected chi connectivity index (χ2v) is 11.5. The summed E-state index contributed by atoms with van der Waals surface area (Å²) < 4.78 is 24.6. The van der Waals surface area contributed by atoms with Gasteiger partial charge in [0.25, 0.3) is 0 Å². The van der Waals surface area contributed by atoms with E-state index in [0.717, 1.165) is 32.1 Å². The molecule has 192 valence electrons. The number of benzene rings is 2. The minimum absolute atomic E-state index is 0.0234. The van der Waals surface area contributed by atoms with E-state index in [0.29, 0.717) is 11.6 Å². The van der Waals surface area contributed by atoms with Crippen molar-refractivity contribution in [3.63, 3.8) is 0 Å². The van der Waals surface area contributed by atoms with Crippen LogP contribution in [0.4, 0.5) is 14.9 Å². The minimum Gasteiger partial charge on any atom is -0.461 e. The Kier molecular flexibility index (Phi) is 6.34. The van der Waals surface area contributed by atoms with Crippen LogP contribution >= 0.6 is 0 Å². The van der Waals surface area contributed by atoms with Crippen LogP contribution in [-0.4, -0.2) is 31.3 Å². The zero-order valence-electron chi connectivity index (χ0n) is 21.7. The molecule has 1 saturated carbocycles. The standard InChI is InChI=1S/C30H36FNO4/c1-19(2)20-6-12-25-21(16-20)7-13-26-29(25,3)14-5-15-30(26,4)27(33)35-18-24-17-32(28(34)36-24)23-10-8-22(31)9-11-23/h6,8-12,16,19,24,26H,5,7,13-15,17-18H2,1-4H3/t24?,26?,29-,30-/m1/s1. The van der Waals surface area contributed by atoms with Crippen LogP contribution in [0.1, 0.15) is 76.0 Å². The lowest BCUT2D eigenvalue weighted by molar-refractivity contribution is -0.166. The highest BCUT2D eigenvalue weighted by Crippen LogP contribution is 2.57. The number of halogens is 1. The Morgan fingerprint density at radius 3 is 2.64 bits per heavy atom. The summed E-state index contributed by atoms with van der Waals surface area (Å²) in [5.74, 6) is 0.133. The van der Waals surface area contributed by atoms with Crippen LogP contribution in [0.25, 0.3) is 0 Å². The number of esters is 1. The highest BCUT2D eigenvalue weighted by molar-refractivity contribution is 5.89. The molecule has 6 heteroatoms. The van der Waals surface area contributed by atoms with E-state index in [9.17, 15) is 14.0 Å². The number of carbonyl (C=O) groups is 2. The van der Waals surface area contributed by atoms with Gasteiger partial charge < -0.3 is 9.47 Å². The number of ether oxygens (including phenoxy) is 2. The maximum Gasteiger partial charge on any atom is 0.414 e. The normalized spacial score (nSPS) is 29.5. The zero-order chi connectivity index (χ0) is 25.7. The van der Waals surface area contributed by atoms with Crippen LogP contribution in [0, 0.1) is 17.2 Å². The minimum atomic E-state index is -0.583. The van der Waals surface area contributed by atoms with E-state index in [2.05, 4.69) is 45.9 Å². The molecule has 0 radical (unpaired) electrons. The molecule has 0 aromatic heterocycles. The summed E-state index contributed by atoms with van der Waals surface area (Å²) in [6.07, 6.45) is 3.73. The molecule has 36 heavy (non-hydrogen) atoms. The first-order valence-electron chi connectivity index (χ1n) is 13.2. The monoisotopic (exact) mass is 493 g/mol. The van der Waals surface area contributed by atoms with Gasteiger partial charge in [0, 0.05) is 5.69 Å². The Morgan fingerprint density at radius 2 is 1.92 bits per heavy atom. The summed E-state index contributed by atoms with van der Waals surface area (Å²) in [7, 11) is 0. The Labute approximate surface area is 213 Å². The van der Waals surface area contributed by atoms with Crippen molar-refractivity contribution >= 4 is 17.7 Å². The molecule has 4 atom stereocenters. The van der Waals surface area contributed by atoms with Crippen LogP contribution in [0.3, 0.4) is 0 Å². The lowest BCUT2D eigenvalue weighted by Crippen LogP contribution is -2.53. The predicted octanol–water partition coefficient (Wildman–Crippen LogP) is 6.53. The number of hydrogen-bond acceptors (Lipinski definition) is 4. The molecular formula is C30H36FNO4. The van der Waals surface area contributed by atoms with E-state index in [1.165, 1.54) is 33.7 Å². The van der Waals surface area contributed by atoms with Crippen LogP contribution in [0.5, 0.6) is 0 Å². The Bertz CT molecular complexity index is 1160.